The van der Waals surface area contributed by atoms with Crippen molar-refractivity contribution >= 4 is 0 Å². The number of hydrogen-bond acceptors (Lipinski definition) is 1. The van der Waals surface area contributed by atoms with Crippen LogP contribution in [0.15, 0.2) is 12.2 Å². The fourth-order valence-corrected chi connectivity index (χ4v) is 1.43. The van der Waals surface area contributed by atoms with Gasteiger partial charge in [-0.25, -0.2) is 0 Å². The van der Waals surface area contributed by atoms with Gasteiger partial charge >= 0.3 is 0 Å². The van der Waals surface area contributed by atoms with E-state index in [9.17, 15) is 0 Å². The van der Waals surface area contributed by atoms with Gasteiger partial charge in [0.05, 0.1) is 0 Å². The Bertz CT molecular complexity index is 112. The van der Waals surface area contributed by atoms with Gasteiger partial charge in [0.15, 0.2) is 0 Å². The predicted octanol–water partition coefficient (Wildman–Crippen LogP) is 3.46. The lowest BCUT2D eigenvalue weighted by molar-refractivity contribution is 0.303. The van der Waals surface area contributed by atoms with E-state index in [1.807, 2.05) is 0 Å². The van der Waals surface area contributed by atoms with Crippen molar-refractivity contribution in [3.05, 3.63) is 12.2 Å². The molecule has 0 atom stereocenters. The summed E-state index contributed by atoms with van der Waals surface area (Å²) in [5.41, 5.74) is 0. The van der Waals surface area contributed by atoms with Crippen LogP contribution in [0, 0.1) is 0 Å². The van der Waals surface area contributed by atoms with Crippen molar-refractivity contribution in [2.24, 2.45) is 0 Å². The van der Waals surface area contributed by atoms with Crippen molar-refractivity contribution in [3.63, 3.8) is 0 Å². The Morgan fingerprint density at radius 1 is 0.846 bits per heavy atom. The van der Waals surface area contributed by atoms with Gasteiger partial charge in [-0.15, -0.1) is 0 Å². The van der Waals surface area contributed by atoms with E-state index in [-0.39, 0.29) is 0 Å². The molecule has 0 aliphatic heterocycles. The summed E-state index contributed by atoms with van der Waals surface area (Å²) in [5, 5.41) is 0. The van der Waals surface area contributed by atoms with Gasteiger partial charge in [0, 0.05) is 6.54 Å². The van der Waals surface area contributed by atoms with Crippen molar-refractivity contribution in [2.75, 3.05) is 19.6 Å². The SMILES string of the molecule is CCC/C=C/CN(CCC)CCC. The van der Waals surface area contributed by atoms with Crippen LogP contribution < -0.4 is 0 Å². The molecule has 0 rings (SSSR count). The van der Waals surface area contributed by atoms with Gasteiger partial charge in [0.25, 0.3) is 0 Å². The molecule has 0 N–H and O–H groups in total. The summed E-state index contributed by atoms with van der Waals surface area (Å²) < 4.78 is 0. The lowest BCUT2D eigenvalue weighted by Gasteiger charge is -2.18. The Hall–Kier alpha value is -0.300. The molecule has 13 heavy (non-hydrogen) atoms. The zero-order valence-electron chi connectivity index (χ0n) is 9.55. The maximum absolute atomic E-state index is 2.52. The summed E-state index contributed by atoms with van der Waals surface area (Å²) in [5.74, 6) is 0. The van der Waals surface area contributed by atoms with Crippen LogP contribution in [0.5, 0.6) is 0 Å². The normalized spacial score (nSPS) is 11.7. The first-order valence-corrected chi connectivity index (χ1v) is 5.72. The minimum atomic E-state index is 1.14. The average molecular weight is 183 g/mol. The van der Waals surface area contributed by atoms with E-state index in [4.69, 9.17) is 0 Å². The summed E-state index contributed by atoms with van der Waals surface area (Å²) >= 11 is 0. The number of allylic oxidation sites excluding steroid dienone is 1. The first kappa shape index (κ1) is 12.7. The van der Waals surface area contributed by atoms with Gasteiger partial charge in [-0.05, 0) is 32.4 Å². The van der Waals surface area contributed by atoms with Crippen LogP contribution in [0.4, 0.5) is 0 Å². The summed E-state index contributed by atoms with van der Waals surface area (Å²) in [6.07, 6.45) is 9.64. The standard InChI is InChI=1S/C12H25N/c1-4-7-8-9-12-13(10-5-2)11-6-3/h8-9H,4-7,10-12H2,1-3H3/b9-8+. The number of hydrogen-bond donors (Lipinski definition) is 0. The van der Waals surface area contributed by atoms with E-state index < -0.39 is 0 Å². The molecule has 0 aliphatic carbocycles. The first-order valence-electron chi connectivity index (χ1n) is 5.72. The lowest BCUT2D eigenvalue weighted by Crippen LogP contribution is -2.25. The van der Waals surface area contributed by atoms with Gasteiger partial charge in [0.1, 0.15) is 0 Å². The highest BCUT2D eigenvalue weighted by atomic mass is 15.1. The third-order valence-electron chi connectivity index (χ3n) is 2.07. The van der Waals surface area contributed by atoms with Crippen molar-refractivity contribution in [1.29, 1.82) is 0 Å². The lowest BCUT2D eigenvalue weighted by atomic mass is 10.3. The first-order chi connectivity index (χ1) is 6.35. The molecule has 0 aromatic heterocycles. The van der Waals surface area contributed by atoms with Crippen LogP contribution >= 0.6 is 0 Å². The Balaban J connectivity index is 3.54. The monoisotopic (exact) mass is 183 g/mol. The van der Waals surface area contributed by atoms with Crippen LogP contribution in [0.2, 0.25) is 0 Å². The third kappa shape index (κ3) is 8.04. The second-order valence-electron chi connectivity index (χ2n) is 3.56. The molecule has 0 bridgehead atoms. The van der Waals surface area contributed by atoms with Crippen LogP contribution in [0.1, 0.15) is 46.5 Å². The van der Waals surface area contributed by atoms with E-state index in [1.54, 1.807) is 0 Å². The third-order valence-corrected chi connectivity index (χ3v) is 2.07. The van der Waals surface area contributed by atoms with Gasteiger partial charge in [-0.3, -0.25) is 4.90 Å². The highest BCUT2D eigenvalue weighted by molar-refractivity contribution is 4.84. The van der Waals surface area contributed by atoms with E-state index >= 15 is 0 Å². The highest BCUT2D eigenvalue weighted by Crippen LogP contribution is 1.95. The highest BCUT2D eigenvalue weighted by Gasteiger charge is 1.97. The van der Waals surface area contributed by atoms with Gasteiger partial charge in [-0.1, -0.05) is 39.3 Å². The predicted molar refractivity (Wildman–Crippen MR) is 61.1 cm³/mol. The molecule has 0 unspecified atom stereocenters. The fourth-order valence-electron chi connectivity index (χ4n) is 1.43. The van der Waals surface area contributed by atoms with E-state index in [0.717, 1.165) is 6.54 Å². The van der Waals surface area contributed by atoms with Crippen LogP contribution in [0.3, 0.4) is 0 Å². The van der Waals surface area contributed by atoms with Crippen molar-refractivity contribution in [1.82, 2.24) is 4.90 Å². The van der Waals surface area contributed by atoms with Gasteiger partial charge in [-0.2, -0.15) is 0 Å². The summed E-state index contributed by atoms with van der Waals surface area (Å²) in [6.45, 7) is 10.3. The summed E-state index contributed by atoms with van der Waals surface area (Å²) in [7, 11) is 0. The average Bonchev–Trinajstić information content (AvgIpc) is 2.13. The molecule has 1 heteroatoms. The Morgan fingerprint density at radius 3 is 1.92 bits per heavy atom. The van der Waals surface area contributed by atoms with Crippen LogP contribution in [-0.2, 0) is 0 Å². The smallest absolute Gasteiger partial charge is 0.0163 e. The molecule has 0 amide bonds. The van der Waals surface area contributed by atoms with Crippen molar-refractivity contribution < 1.29 is 0 Å². The Morgan fingerprint density at radius 2 is 1.46 bits per heavy atom. The molecular formula is C12H25N. The summed E-state index contributed by atoms with van der Waals surface area (Å²) in [4.78, 5) is 2.52. The largest absolute Gasteiger partial charge is 0.300 e. The fraction of sp³-hybridized carbons (Fsp3) is 0.833. The van der Waals surface area contributed by atoms with Crippen molar-refractivity contribution in [3.8, 4) is 0 Å². The zero-order valence-corrected chi connectivity index (χ0v) is 9.55. The Labute approximate surface area is 83.8 Å². The van der Waals surface area contributed by atoms with Gasteiger partial charge < -0.3 is 0 Å². The molecule has 0 aliphatic rings. The molecule has 78 valence electrons. The maximum atomic E-state index is 2.52. The topological polar surface area (TPSA) is 3.24 Å². The second kappa shape index (κ2) is 9.79. The maximum Gasteiger partial charge on any atom is 0.0163 e. The molecule has 0 saturated carbocycles. The molecule has 1 nitrogen and oxygen atoms in total. The molecule has 0 aromatic carbocycles. The molecule has 0 fully saturated rings. The zero-order chi connectivity index (χ0) is 9.94. The van der Waals surface area contributed by atoms with E-state index in [1.165, 1.54) is 38.8 Å². The number of nitrogens with zero attached hydrogens (tertiary/aromatic N) is 1. The second-order valence-corrected chi connectivity index (χ2v) is 3.56. The van der Waals surface area contributed by atoms with Crippen molar-refractivity contribution in [2.45, 2.75) is 46.5 Å². The summed E-state index contributed by atoms with van der Waals surface area (Å²) in [6, 6.07) is 0. The van der Waals surface area contributed by atoms with E-state index in [0.29, 0.717) is 0 Å². The Kier molecular flexibility index (Phi) is 9.56. The van der Waals surface area contributed by atoms with Crippen LogP contribution in [-0.4, -0.2) is 24.5 Å². The van der Waals surface area contributed by atoms with E-state index in [2.05, 4.69) is 37.8 Å². The minimum Gasteiger partial charge on any atom is -0.300 e. The molecule has 0 heterocycles. The van der Waals surface area contributed by atoms with Crippen LogP contribution in [0.25, 0.3) is 0 Å². The molecular weight excluding hydrogens is 158 g/mol. The molecule has 0 saturated heterocycles. The number of unbranched alkanes of at least 4 members (excludes halogenated alkanes) is 1. The van der Waals surface area contributed by atoms with Gasteiger partial charge in [0.2, 0.25) is 0 Å². The molecule has 0 spiro atoms. The molecule has 0 radical (unpaired) electrons. The number of rotatable bonds is 8. The molecule has 0 aromatic rings. The quantitative estimate of drug-likeness (QED) is 0.521. The minimum absolute atomic E-state index is 1.14.